The third-order valence-electron chi connectivity index (χ3n) is 5.72. The molecule has 1 aliphatic carbocycles. The van der Waals surface area contributed by atoms with Crippen molar-refractivity contribution in [3.05, 3.63) is 77.2 Å². The molecule has 3 aromatic rings. The number of nitrogens with zero attached hydrogens (tertiary/aromatic N) is 1. The van der Waals surface area contributed by atoms with Crippen molar-refractivity contribution in [2.45, 2.75) is 38.1 Å². The van der Waals surface area contributed by atoms with E-state index in [1.807, 2.05) is 65.6 Å². The number of ether oxygens (including phenoxy) is 1. The molecule has 0 aliphatic heterocycles. The minimum absolute atomic E-state index is 0.0104. The first kappa shape index (κ1) is 22.7. The molecule has 1 saturated carbocycles. The second kappa shape index (κ2) is 10.4. The molecule has 1 N–H and O–H groups in total. The van der Waals surface area contributed by atoms with Gasteiger partial charge >= 0.3 is 11.9 Å². The number of hydrogen-bond donors (Lipinski definition) is 1. The summed E-state index contributed by atoms with van der Waals surface area (Å²) in [6.07, 6.45) is 5.36. The van der Waals surface area contributed by atoms with Crippen LogP contribution in [0.5, 0.6) is 0 Å². The van der Waals surface area contributed by atoms with Crippen LogP contribution in [0.2, 0.25) is 0 Å². The molecule has 6 nitrogen and oxygen atoms in total. The number of amides is 1. The van der Waals surface area contributed by atoms with E-state index in [9.17, 15) is 14.4 Å². The van der Waals surface area contributed by atoms with E-state index >= 15 is 0 Å². The van der Waals surface area contributed by atoms with Gasteiger partial charge in [0, 0.05) is 22.2 Å². The van der Waals surface area contributed by atoms with Crippen LogP contribution in [0.15, 0.2) is 66.7 Å². The number of carboxylic acid groups (broad SMARTS) is 1. The summed E-state index contributed by atoms with van der Waals surface area (Å²) >= 11 is 1.24. The first-order valence-corrected chi connectivity index (χ1v) is 11.8. The van der Waals surface area contributed by atoms with Crippen LogP contribution >= 0.6 is 11.3 Å². The number of anilines is 1. The van der Waals surface area contributed by atoms with Gasteiger partial charge in [-0.05, 0) is 54.8 Å². The maximum atomic E-state index is 13.5. The highest BCUT2D eigenvalue weighted by molar-refractivity contribution is 7.17. The molecular weight excluding hydrogens is 438 g/mol. The molecule has 1 amide bonds. The molecule has 4 rings (SSSR count). The zero-order valence-electron chi connectivity index (χ0n) is 18.1. The number of esters is 1. The molecule has 1 aliphatic rings. The summed E-state index contributed by atoms with van der Waals surface area (Å²) < 4.78 is 4.78. The highest BCUT2D eigenvalue weighted by Crippen LogP contribution is 2.34. The summed E-state index contributed by atoms with van der Waals surface area (Å²) in [4.78, 5) is 39.4. The molecule has 0 bridgehead atoms. The number of carbonyl (C=O) groups is 3. The molecule has 7 heteroatoms. The van der Waals surface area contributed by atoms with E-state index in [2.05, 4.69) is 0 Å². The molecule has 0 saturated heterocycles. The van der Waals surface area contributed by atoms with Crippen molar-refractivity contribution < 1.29 is 24.2 Å². The van der Waals surface area contributed by atoms with Gasteiger partial charge in [0.15, 0.2) is 6.61 Å². The van der Waals surface area contributed by atoms with Gasteiger partial charge < -0.3 is 14.7 Å². The largest absolute Gasteiger partial charge is 0.479 e. The van der Waals surface area contributed by atoms with Crippen LogP contribution in [0.3, 0.4) is 0 Å². The van der Waals surface area contributed by atoms with E-state index < -0.39 is 18.5 Å². The number of benzene rings is 2. The minimum atomic E-state index is -1.20. The van der Waals surface area contributed by atoms with Crippen LogP contribution in [0.4, 0.5) is 5.69 Å². The molecule has 0 radical (unpaired) electrons. The number of carboxylic acids is 1. The van der Waals surface area contributed by atoms with E-state index in [1.165, 1.54) is 17.8 Å². The topological polar surface area (TPSA) is 83.9 Å². The van der Waals surface area contributed by atoms with Crippen LogP contribution < -0.4 is 4.90 Å². The lowest BCUT2D eigenvalue weighted by Gasteiger charge is -2.34. The van der Waals surface area contributed by atoms with Crippen LogP contribution in [0.25, 0.3) is 10.4 Å². The fourth-order valence-electron chi connectivity index (χ4n) is 4.16. The highest BCUT2D eigenvalue weighted by atomic mass is 32.1. The molecular formula is C26H25NO5S. The normalized spacial score (nSPS) is 13.9. The van der Waals surface area contributed by atoms with Gasteiger partial charge in [0.25, 0.3) is 5.91 Å². The zero-order valence-corrected chi connectivity index (χ0v) is 18.9. The van der Waals surface area contributed by atoms with Crippen molar-refractivity contribution in [2.24, 2.45) is 0 Å². The third-order valence-corrected chi connectivity index (χ3v) is 6.84. The quantitative estimate of drug-likeness (QED) is 0.459. The molecule has 33 heavy (non-hydrogen) atoms. The standard InChI is InChI=1S/C26H25NO5S/c28-24(29)17-32-26(31)23-15-14-22(33-23)19-10-7-13-21(16-19)27(20-11-5-2-6-12-20)25(30)18-8-3-1-4-9-18/h1,3-4,7-10,13-16,20H,2,5-6,11-12,17H2,(H,28,29). The van der Waals surface area contributed by atoms with Gasteiger partial charge in [-0.2, -0.15) is 0 Å². The van der Waals surface area contributed by atoms with Crippen molar-refractivity contribution in [3.8, 4) is 10.4 Å². The summed E-state index contributed by atoms with van der Waals surface area (Å²) in [6.45, 7) is -0.667. The van der Waals surface area contributed by atoms with Gasteiger partial charge in [-0.1, -0.05) is 49.6 Å². The van der Waals surface area contributed by atoms with Crippen molar-refractivity contribution in [3.63, 3.8) is 0 Å². The molecule has 1 aromatic heterocycles. The smallest absolute Gasteiger partial charge is 0.348 e. The average molecular weight is 464 g/mol. The van der Waals surface area contributed by atoms with Crippen LogP contribution in [-0.4, -0.2) is 35.6 Å². The van der Waals surface area contributed by atoms with Gasteiger partial charge in [0.2, 0.25) is 0 Å². The zero-order chi connectivity index (χ0) is 23.2. The molecule has 0 unspecified atom stereocenters. The van der Waals surface area contributed by atoms with Crippen LogP contribution in [0, 0.1) is 0 Å². The van der Waals surface area contributed by atoms with Crippen LogP contribution in [0.1, 0.15) is 52.1 Å². The lowest BCUT2D eigenvalue weighted by molar-refractivity contribution is -0.140. The number of hydrogen-bond acceptors (Lipinski definition) is 5. The lowest BCUT2D eigenvalue weighted by atomic mass is 9.93. The Kier molecular flexibility index (Phi) is 7.19. The van der Waals surface area contributed by atoms with Gasteiger partial charge in [-0.15, -0.1) is 11.3 Å². The predicted octanol–water partition coefficient (Wildman–Crippen LogP) is 5.64. The van der Waals surface area contributed by atoms with E-state index in [0.717, 1.165) is 41.8 Å². The van der Waals surface area contributed by atoms with Crippen molar-refractivity contribution in [1.29, 1.82) is 0 Å². The Morgan fingerprint density at radius 1 is 0.939 bits per heavy atom. The fourth-order valence-corrected chi connectivity index (χ4v) is 5.06. The molecule has 170 valence electrons. The summed E-state index contributed by atoms with van der Waals surface area (Å²) in [5, 5.41) is 8.70. The van der Waals surface area contributed by atoms with Crippen LogP contribution in [-0.2, 0) is 9.53 Å². The first-order chi connectivity index (χ1) is 16.0. The monoisotopic (exact) mass is 463 g/mol. The van der Waals surface area contributed by atoms with Crippen molar-refractivity contribution in [2.75, 3.05) is 11.5 Å². The Morgan fingerprint density at radius 3 is 2.42 bits per heavy atom. The molecule has 1 heterocycles. The maximum Gasteiger partial charge on any atom is 0.348 e. The van der Waals surface area contributed by atoms with Gasteiger partial charge in [-0.3, -0.25) is 4.79 Å². The lowest BCUT2D eigenvalue weighted by Crippen LogP contribution is -2.41. The highest BCUT2D eigenvalue weighted by Gasteiger charge is 2.28. The predicted molar refractivity (Wildman–Crippen MR) is 128 cm³/mol. The Balaban J connectivity index is 1.63. The Morgan fingerprint density at radius 2 is 1.70 bits per heavy atom. The number of thiophene rings is 1. The van der Waals surface area contributed by atoms with Gasteiger partial charge in [-0.25, -0.2) is 9.59 Å². The van der Waals surface area contributed by atoms with Gasteiger partial charge in [0.05, 0.1) is 0 Å². The minimum Gasteiger partial charge on any atom is -0.479 e. The number of aliphatic carboxylic acids is 1. The van der Waals surface area contributed by atoms with E-state index in [0.29, 0.717) is 10.4 Å². The maximum absolute atomic E-state index is 13.5. The fraction of sp³-hybridized carbons (Fsp3) is 0.269. The van der Waals surface area contributed by atoms with E-state index in [4.69, 9.17) is 9.84 Å². The summed E-state index contributed by atoms with van der Waals surface area (Å²) in [5.41, 5.74) is 2.38. The number of rotatable bonds is 7. The molecule has 0 spiro atoms. The number of carbonyl (C=O) groups excluding carboxylic acids is 2. The molecule has 0 atom stereocenters. The molecule has 1 fully saturated rings. The van der Waals surface area contributed by atoms with E-state index in [1.54, 1.807) is 6.07 Å². The van der Waals surface area contributed by atoms with Gasteiger partial charge in [0.1, 0.15) is 4.88 Å². The molecule has 2 aromatic carbocycles. The third kappa shape index (κ3) is 5.49. The average Bonchev–Trinajstić information content (AvgIpc) is 3.35. The Bertz CT molecular complexity index is 1130. The first-order valence-electron chi connectivity index (χ1n) is 11.0. The summed E-state index contributed by atoms with van der Waals surface area (Å²) in [7, 11) is 0. The summed E-state index contributed by atoms with van der Waals surface area (Å²) in [5.74, 6) is -1.87. The second-order valence-corrected chi connectivity index (χ2v) is 9.10. The second-order valence-electron chi connectivity index (χ2n) is 8.02. The van der Waals surface area contributed by atoms with E-state index in [-0.39, 0.29) is 11.9 Å². The Labute approximate surface area is 196 Å². The Hall–Kier alpha value is -3.45. The SMILES string of the molecule is O=C(O)COC(=O)c1ccc(-c2cccc(N(C(=O)c3ccccc3)C3CCCCC3)c2)s1. The van der Waals surface area contributed by atoms with Crippen molar-refractivity contribution >= 4 is 34.9 Å². The van der Waals surface area contributed by atoms with Crippen molar-refractivity contribution in [1.82, 2.24) is 0 Å². The summed E-state index contributed by atoms with van der Waals surface area (Å²) in [6, 6.07) is 20.7.